The van der Waals surface area contributed by atoms with Gasteiger partial charge in [0.15, 0.2) is 0 Å². The van der Waals surface area contributed by atoms with Gasteiger partial charge in [0.2, 0.25) is 0 Å². The van der Waals surface area contributed by atoms with Gasteiger partial charge >= 0.3 is 0 Å². The zero-order valence-corrected chi connectivity index (χ0v) is 15.0. The Morgan fingerprint density at radius 1 is 0.760 bits per heavy atom. The minimum atomic E-state index is -0.155. The monoisotopic (exact) mass is 332 g/mol. The van der Waals surface area contributed by atoms with Crippen LogP contribution in [0.2, 0.25) is 0 Å². The molecule has 0 fully saturated rings. The van der Waals surface area contributed by atoms with Crippen molar-refractivity contribution in [2.45, 2.75) is 32.6 Å². The maximum Gasteiger partial charge on any atom is 0.119 e. The van der Waals surface area contributed by atoms with Crippen LogP contribution in [-0.4, -0.2) is 10.2 Å². The highest BCUT2D eigenvalue weighted by Crippen LogP contribution is 2.34. The Morgan fingerprint density at radius 3 is 2.20 bits per heavy atom. The molecular weight excluding hydrogens is 308 g/mol. The molecule has 25 heavy (non-hydrogen) atoms. The van der Waals surface area contributed by atoms with E-state index in [4.69, 9.17) is 0 Å². The van der Waals surface area contributed by atoms with Gasteiger partial charge in [-0.15, -0.1) is 0 Å². The minimum absolute atomic E-state index is 0.155. The van der Waals surface area contributed by atoms with Gasteiger partial charge in [-0.05, 0) is 52.9 Å². The van der Waals surface area contributed by atoms with Crippen molar-refractivity contribution in [1.29, 1.82) is 0 Å². The van der Waals surface area contributed by atoms with E-state index in [0.29, 0.717) is 6.42 Å². The molecule has 128 valence electrons. The maximum atomic E-state index is 10.3. The summed E-state index contributed by atoms with van der Waals surface area (Å²) in [5.41, 5.74) is 5.23. The van der Waals surface area contributed by atoms with Crippen LogP contribution in [0.15, 0.2) is 66.7 Å². The van der Waals surface area contributed by atoms with Crippen molar-refractivity contribution in [3.8, 4) is 11.5 Å². The summed E-state index contributed by atoms with van der Waals surface area (Å²) in [7, 11) is 0. The molecule has 0 radical (unpaired) electrons. The summed E-state index contributed by atoms with van der Waals surface area (Å²) in [6.07, 6.45) is 0.588. The third kappa shape index (κ3) is 3.53. The number of benzene rings is 3. The summed E-state index contributed by atoms with van der Waals surface area (Å²) in [5, 5.41) is 20.1. The van der Waals surface area contributed by atoms with Crippen molar-refractivity contribution in [2.75, 3.05) is 0 Å². The molecule has 3 aromatic carbocycles. The van der Waals surface area contributed by atoms with Crippen LogP contribution in [0, 0.1) is 6.92 Å². The van der Waals surface area contributed by atoms with Gasteiger partial charge in [-0.3, -0.25) is 0 Å². The number of phenolic OH excluding ortho intramolecular Hbond substituents is 2. The molecule has 3 rings (SSSR count). The Bertz CT molecular complexity index is 880. The number of aryl methyl sites for hydroxylation is 1. The smallest absolute Gasteiger partial charge is 0.119 e. The second-order valence-corrected chi connectivity index (χ2v) is 7.12. The predicted octanol–water partition coefficient (Wildman–Crippen LogP) is 5.32. The van der Waals surface area contributed by atoms with Gasteiger partial charge in [-0.1, -0.05) is 62.4 Å². The topological polar surface area (TPSA) is 40.5 Å². The summed E-state index contributed by atoms with van der Waals surface area (Å²) in [6.45, 7) is 6.40. The minimum Gasteiger partial charge on any atom is -0.508 e. The van der Waals surface area contributed by atoms with Gasteiger partial charge in [0.1, 0.15) is 11.5 Å². The van der Waals surface area contributed by atoms with Crippen LogP contribution in [0.1, 0.15) is 41.7 Å². The zero-order valence-electron chi connectivity index (χ0n) is 15.0. The fraction of sp³-hybridized carbons (Fsp3) is 0.217. The molecule has 0 saturated heterocycles. The van der Waals surface area contributed by atoms with E-state index in [1.807, 2.05) is 25.1 Å². The Morgan fingerprint density at radius 2 is 1.48 bits per heavy atom. The first-order valence-electron chi connectivity index (χ1n) is 8.54. The Labute approximate surface area is 149 Å². The predicted molar refractivity (Wildman–Crippen MR) is 102 cm³/mol. The van der Waals surface area contributed by atoms with Gasteiger partial charge in [-0.25, -0.2) is 0 Å². The fourth-order valence-corrected chi connectivity index (χ4v) is 3.19. The Kier molecular flexibility index (Phi) is 4.54. The summed E-state index contributed by atoms with van der Waals surface area (Å²) in [4.78, 5) is 0. The first-order chi connectivity index (χ1) is 11.9. The quantitative estimate of drug-likeness (QED) is 0.678. The Hall–Kier alpha value is -2.74. The third-order valence-electron chi connectivity index (χ3n) is 5.01. The molecule has 0 aliphatic rings. The van der Waals surface area contributed by atoms with E-state index in [2.05, 4.69) is 44.2 Å². The van der Waals surface area contributed by atoms with Crippen LogP contribution < -0.4 is 0 Å². The van der Waals surface area contributed by atoms with E-state index in [1.165, 1.54) is 5.56 Å². The van der Waals surface area contributed by atoms with Gasteiger partial charge in [0.25, 0.3) is 0 Å². The molecule has 0 aromatic heterocycles. The number of rotatable bonds is 4. The average molecular weight is 332 g/mol. The summed E-state index contributed by atoms with van der Waals surface area (Å²) >= 11 is 0. The molecule has 0 spiro atoms. The van der Waals surface area contributed by atoms with Crippen LogP contribution in [0.5, 0.6) is 11.5 Å². The highest BCUT2D eigenvalue weighted by atomic mass is 16.3. The fourth-order valence-electron chi connectivity index (χ4n) is 3.19. The molecule has 3 aromatic rings. The lowest BCUT2D eigenvalue weighted by Crippen LogP contribution is -2.19. The lowest BCUT2D eigenvalue weighted by Gasteiger charge is -2.27. The van der Waals surface area contributed by atoms with Crippen molar-refractivity contribution < 1.29 is 10.2 Å². The standard InChI is InChI=1S/C23H24O2/c1-16-9-11-21(24)15-17(16)13-18-14-20(10-12-22(18)25)23(2,3)19-7-5-4-6-8-19/h4-12,14-15,24-25H,13H2,1-3H3. The molecule has 0 saturated carbocycles. The van der Waals surface area contributed by atoms with Crippen LogP contribution in [0.3, 0.4) is 0 Å². The summed E-state index contributed by atoms with van der Waals surface area (Å²) in [6, 6.07) is 21.6. The number of phenols is 2. The molecule has 0 unspecified atom stereocenters. The van der Waals surface area contributed by atoms with E-state index in [1.54, 1.807) is 18.2 Å². The number of hydrogen-bond acceptors (Lipinski definition) is 2. The number of hydrogen-bond donors (Lipinski definition) is 2. The van der Waals surface area contributed by atoms with E-state index in [0.717, 1.165) is 22.3 Å². The molecular formula is C23H24O2. The van der Waals surface area contributed by atoms with Crippen molar-refractivity contribution in [1.82, 2.24) is 0 Å². The first-order valence-corrected chi connectivity index (χ1v) is 8.54. The van der Waals surface area contributed by atoms with Gasteiger partial charge in [-0.2, -0.15) is 0 Å². The van der Waals surface area contributed by atoms with Crippen molar-refractivity contribution in [2.24, 2.45) is 0 Å². The molecule has 0 aliphatic heterocycles. The highest BCUT2D eigenvalue weighted by Gasteiger charge is 2.23. The molecule has 0 aliphatic carbocycles. The Balaban J connectivity index is 2.00. The molecule has 0 heterocycles. The van der Waals surface area contributed by atoms with Crippen molar-refractivity contribution in [3.05, 3.63) is 94.5 Å². The second kappa shape index (κ2) is 6.64. The maximum absolute atomic E-state index is 10.3. The molecule has 0 amide bonds. The van der Waals surface area contributed by atoms with Crippen molar-refractivity contribution in [3.63, 3.8) is 0 Å². The molecule has 2 nitrogen and oxygen atoms in total. The largest absolute Gasteiger partial charge is 0.508 e. The van der Waals surface area contributed by atoms with E-state index in [-0.39, 0.29) is 16.9 Å². The van der Waals surface area contributed by atoms with Crippen molar-refractivity contribution >= 4 is 0 Å². The molecule has 2 heteroatoms. The zero-order chi connectivity index (χ0) is 18.0. The summed E-state index contributed by atoms with van der Waals surface area (Å²) < 4.78 is 0. The van der Waals surface area contributed by atoms with Crippen LogP contribution in [-0.2, 0) is 11.8 Å². The summed E-state index contributed by atoms with van der Waals surface area (Å²) in [5.74, 6) is 0.538. The van der Waals surface area contributed by atoms with Gasteiger partial charge in [0, 0.05) is 11.8 Å². The van der Waals surface area contributed by atoms with Gasteiger partial charge < -0.3 is 10.2 Å². The third-order valence-corrected chi connectivity index (χ3v) is 5.01. The van der Waals surface area contributed by atoms with Crippen LogP contribution in [0.25, 0.3) is 0 Å². The lowest BCUT2D eigenvalue weighted by molar-refractivity contribution is 0.467. The van der Waals surface area contributed by atoms with E-state index >= 15 is 0 Å². The molecule has 0 atom stereocenters. The van der Waals surface area contributed by atoms with Gasteiger partial charge in [0.05, 0.1) is 0 Å². The SMILES string of the molecule is Cc1ccc(O)cc1Cc1cc(C(C)(C)c2ccccc2)ccc1O. The molecule has 2 N–H and O–H groups in total. The molecule has 0 bridgehead atoms. The van der Waals surface area contributed by atoms with E-state index < -0.39 is 0 Å². The first kappa shape index (κ1) is 17.1. The van der Waals surface area contributed by atoms with Crippen LogP contribution in [0.4, 0.5) is 0 Å². The number of aromatic hydroxyl groups is 2. The average Bonchev–Trinajstić information content (AvgIpc) is 2.60. The second-order valence-electron chi connectivity index (χ2n) is 7.12. The highest BCUT2D eigenvalue weighted by molar-refractivity contribution is 5.47. The normalized spacial score (nSPS) is 11.5. The van der Waals surface area contributed by atoms with E-state index in [9.17, 15) is 10.2 Å². The van der Waals surface area contributed by atoms with Crippen LogP contribution >= 0.6 is 0 Å². The lowest BCUT2D eigenvalue weighted by atomic mass is 9.77.